The largest absolute Gasteiger partial charge is 0.434 e. The van der Waals surface area contributed by atoms with Crippen LogP contribution in [-0.2, 0) is 11.3 Å². The summed E-state index contributed by atoms with van der Waals surface area (Å²) in [7, 11) is 0. The van der Waals surface area contributed by atoms with Gasteiger partial charge in [0, 0.05) is 17.6 Å². The molecule has 1 aliphatic rings. The molecule has 4 nitrogen and oxygen atoms in total. The molecular weight excluding hydrogens is 326 g/mol. The van der Waals surface area contributed by atoms with Crippen LogP contribution in [0.15, 0.2) is 24.3 Å². The molecule has 7 heteroatoms. The first-order valence-electron chi connectivity index (χ1n) is 7.49. The zero-order chi connectivity index (χ0) is 16.2. The Morgan fingerprint density at radius 1 is 1.43 bits per heavy atom. The topological polar surface area (TPSA) is 64.4 Å². The molecule has 0 spiro atoms. The highest BCUT2D eigenvalue weighted by Gasteiger charge is 2.37. The molecule has 1 aliphatic carbocycles. The number of nitrogens with one attached hydrogen (secondary N) is 1. The minimum absolute atomic E-state index is 0. The highest BCUT2D eigenvalue weighted by Crippen LogP contribution is 2.31. The van der Waals surface area contributed by atoms with E-state index in [0.29, 0.717) is 5.56 Å². The third-order valence-corrected chi connectivity index (χ3v) is 4.21. The van der Waals surface area contributed by atoms with E-state index in [1.54, 1.807) is 18.2 Å². The van der Waals surface area contributed by atoms with Crippen molar-refractivity contribution in [3.05, 3.63) is 29.8 Å². The van der Waals surface area contributed by atoms with Crippen molar-refractivity contribution in [2.45, 2.75) is 51.3 Å². The number of carbonyl (C=O) groups excluding carboxylic acids is 1. The highest BCUT2D eigenvalue weighted by atomic mass is 35.5. The molecule has 2 rings (SSSR count). The monoisotopic (exact) mass is 348 g/mol. The average Bonchev–Trinajstić information content (AvgIpc) is 2.45. The number of rotatable bonds is 5. The molecule has 2 atom stereocenters. The van der Waals surface area contributed by atoms with E-state index in [1.165, 1.54) is 6.07 Å². The van der Waals surface area contributed by atoms with Gasteiger partial charge < -0.3 is 15.8 Å². The number of ether oxygens (including phenoxy) is 1. The van der Waals surface area contributed by atoms with Gasteiger partial charge in [0.05, 0.1) is 5.92 Å². The van der Waals surface area contributed by atoms with Crippen molar-refractivity contribution in [3.8, 4) is 5.75 Å². The summed E-state index contributed by atoms with van der Waals surface area (Å²) in [6, 6.07) is 6.44. The summed E-state index contributed by atoms with van der Waals surface area (Å²) >= 11 is 0. The van der Waals surface area contributed by atoms with E-state index in [4.69, 9.17) is 5.73 Å². The summed E-state index contributed by atoms with van der Waals surface area (Å²) < 4.78 is 29.2. The van der Waals surface area contributed by atoms with Gasteiger partial charge in [0.15, 0.2) is 0 Å². The number of halogens is 3. The molecule has 1 aromatic rings. The van der Waals surface area contributed by atoms with Gasteiger partial charge in [-0.05, 0) is 25.8 Å². The molecule has 1 amide bonds. The molecule has 2 unspecified atom stereocenters. The van der Waals surface area contributed by atoms with Crippen molar-refractivity contribution in [2.75, 3.05) is 0 Å². The summed E-state index contributed by atoms with van der Waals surface area (Å²) in [6.07, 6.45) is 3.59. The zero-order valence-corrected chi connectivity index (χ0v) is 13.9. The van der Waals surface area contributed by atoms with E-state index in [1.807, 2.05) is 6.92 Å². The molecule has 0 saturated heterocycles. The standard InChI is InChI=1S/C16H22F2N2O2.ClH/c1-16(19)9-5-4-7-12(16)14(21)20-10-11-6-2-3-8-13(11)22-15(17)18;/h2-3,6,8,12,15H,4-5,7,9-10,19H2,1H3,(H,20,21);1H. The summed E-state index contributed by atoms with van der Waals surface area (Å²) in [4.78, 5) is 12.3. The van der Waals surface area contributed by atoms with Crippen LogP contribution in [0.2, 0.25) is 0 Å². The lowest BCUT2D eigenvalue weighted by molar-refractivity contribution is -0.128. The van der Waals surface area contributed by atoms with Gasteiger partial charge in [-0.15, -0.1) is 12.4 Å². The molecule has 1 fully saturated rings. The Balaban J connectivity index is 0.00000264. The summed E-state index contributed by atoms with van der Waals surface area (Å²) in [5.74, 6) is -0.294. The highest BCUT2D eigenvalue weighted by molar-refractivity contribution is 5.85. The van der Waals surface area contributed by atoms with Crippen LogP contribution in [0.3, 0.4) is 0 Å². The minimum atomic E-state index is -2.89. The summed E-state index contributed by atoms with van der Waals surface area (Å²) in [5, 5.41) is 2.79. The Labute approximate surface area is 141 Å². The van der Waals surface area contributed by atoms with E-state index in [-0.39, 0.29) is 36.5 Å². The summed E-state index contributed by atoms with van der Waals surface area (Å²) in [6.45, 7) is -0.846. The predicted molar refractivity (Wildman–Crippen MR) is 86.7 cm³/mol. The van der Waals surface area contributed by atoms with Crippen LogP contribution in [-0.4, -0.2) is 18.1 Å². The third-order valence-electron chi connectivity index (χ3n) is 4.21. The molecule has 0 aromatic heterocycles. The van der Waals surface area contributed by atoms with Crippen LogP contribution in [0.4, 0.5) is 8.78 Å². The fourth-order valence-corrected chi connectivity index (χ4v) is 2.96. The number of nitrogens with two attached hydrogens (primary N) is 1. The average molecular weight is 349 g/mol. The molecule has 130 valence electrons. The van der Waals surface area contributed by atoms with E-state index < -0.39 is 12.2 Å². The van der Waals surface area contributed by atoms with Crippen LogP contribution in [0.5, 0.6) is 5.75 Å². The van der Waals surface area contributed by atoms with Gasteiger partial charge in [0.25, 0.3) is 0 Å². The van der Waals surface area contributed by atoms with Gasteiger partial charge in [-0.1, -0.05) is 31.0 Å². The number of alkyl halides is 2. The normalized spacial score (nSPS) is 24.0. The Kier molecular flexibility index (Phi) is 7.22. The van der Waals surface area contributed by atoms with Gasteiger partial charge in [-0.25, -0.2) is 0 Å². The van der Waals surface area contributed by atoms with Crippen molar-refractivity contribution in [1.29, 1.82) is 0 Å². The fourth-order valence-electron chi connectivity index (χ4n) is 2.96. The Hall–Kier alpha value is -1.40. The second kappa shape index (κ2) is 8.45. The Bertz CT molecular complexity index is 527. The quantitative estimate of drug-likeness (QED) is 0.858. The SMILES string of the molecule is CC1(N)CCCCC1C(=O)NCc1ccccc1OC(F)F.Cl. The lowest BCUT2D eigenvalue weighted by Gasteiger charge is -2.37. The second-order valence-electron chi connectivity index (χ2n) is 6.01. The van der Waals surface area contributed by atoms with Crippen LogP contribution >= 0.6 is 12.4 Å². The van der Waals surface area contributed by atoms with E-state index in [0.717, 1.165) is 25.7 Å². The van der Waals surface area contributed by atoms with Crippen LogP contribution in [0, 0.1) is 5.92 Å². The van der Waals surface area contributed by atoms with E-state index >= 15 is 0 Å². The first-order valence-corrected chi connectivity index (χ1v) is 7.49. The third kappa shape index (κ3) is 5.32. The first kappa shape index (κ1) is 19.6. The number of hydrogen-bond acceptors (Lipinski definition) is 3. The van der Waals surface area contributed by atoms with Crippen molar-refractivity contribution in [1.82, 2.24) is 5.32 Å². The fraction of sp³-hybridized carbons (Fsp3) is 0.562. The van der Waals surface area contributed by atoms with Crippen molar-refractivity contribution < 1.29 is 18.3 Å². The van der Waals surface area contributed by atoms with Crippen molar-refractivity contribution in [2.24, 2.45) is 11.7 Å². The second-order valence-corrected chi connectivity index (χ2v) is 6.01. The lowest BCUT2D eigenvalue weighted by Crippen LogP contribution is -2.52. The van der Waals surface area contributed by atoms with Gasteiger partial charge in [-0.3, -0.25) is 4.79 Å². The van der Waals surface area contributed by atoms with E-state index in [9.17, 15) is 13.6 Å². The van der Waals surface area contributed by atoms with Crippen LogP contribution in [0.25, 0.3) is 0 Å². The smallest absolute Gasteiger partial charge is 0.387 e. The first-order chi connectivity index (χ1) is 10.4. The molecule has 1 aromatic carbocycles. The lowest BCUT2D eigenvalue weighted by atomic mass is 9.74. The number of benzene rings is 1. The van der Waals surface area contributed by atoms with Crippen molar-refractivity contribution in [3.63, 3.8) is 0 Å². The van der Waals surface area contributed by atoms with Gasteiger partial charge in [-0.2, -0.15) is 8.78 Å². The maximum absolute atomic E-state index is 12.4. The maximum atomic E-state index is 12.4. The van der Waals surface area contributed by atoms with E-state index in [2.05, 4.69) is 10.1 Å². The van der Waals surface area contributed by atoms with Gasteiger partial charge in [0.2, 0.25) is 5.91 Å². The minimum Gasteiger partial charge on any atom is -0.434 e. The van der Waals surface area contributed by atoms with Crippen LogP contribution < -0.4 is 15.8 Å². The number of carbonyl (C=O) groups is 1. The molecule has 0 bridgehead atoms. The van der Waals surface area contributed by atoms with Crippen LogP contribution in [0.1, 0.15) is 38.2 Å². The Morgan fingerprint density at radius 2 is 2.13 bits per heavy atom. The number of hydrogen-bond donors (Lipinski definition) is 2. The molecule has 23 heavy (non-hydrogen) atoms. The molecular formula is C16H23ClF2N2O2. The van der Waals surface area contributed by atoms with Crippen molar-refractivity contribution >= 4 is 18.3 Å². The predicted octanol–water partition coefficient (Wildman–Crippen LogP) is 3.23. The summed E-state index contributed by atoms with van der Waals surface area (Å²) in [5.41, 5.74) is 6.21. The molecule has 0 radical (unpaired) electrons. The Morgan fingerprint density at radius 3 is 2.78 bits per heavy atom. The molecule has 0 heterocycles. The maximum Gasteiger partial charge on any atom is 0.387 e. The molecule has 0 aliphatic heterocycles. The van der Waals surface area contributed by atoms with Gasteiger partial charge in [0.1, 0.15) is 5.75 Å². The number of amides is 1. The zero-order valence-electron chi connectivity index (χ0n) is 13.1. The molecule has 1 saturated carbocycles. The number of para-hydroxylation sites is 1. The molecule has 3 N–H and O–H groups in total. The van der Waals surface area contributed by atoms with Gasteiger partial charge >= 0.3 is 6.61 Å².